The zero-order valence-corrected chi connectivity index (χ0v) is 7.42. The second-order valence-corrected chi connectivity index (χ2v) is 3.04. The van der Waals surface area contributed by atoms with Crippen LogP contribution in [-0.2, 0) is 6.67 Å². The van der Waals surface area contributed by atoms with Crippen LogP contribution in [-0.4, -0.2) is 9.97 Å². The molecule has 0 atom stereocenters. The number of benzene rings is 1. The van der Waals surface area contributed by atoms with Gasteiger partial charge in [-0.2, -0.15) is 0 Å². The van der Waals surface area contributed by atoms with Crippen LogP contribution in [0, 0.1) is 0 Å². The Kier molecular flexibility index (Phi) is 2.10. The number of hydrogen-bond acceptors (Lipinski definition) is 2. The molecule has 0 aliphatic heterocycles. The van der Waals surface area contributed by atoms with Crippen LogP contribution in [0.4, 0.5) is 4.39 Å². The van der Waals surface area contributed by atoms with Crippen molar-refractivity contribution in [1.29, 1.82) is 0 Å². The van der Waals surface area contributed by atoms with Crippen molar-refractivity contribution >= 4 is 22.6 Å². The zero-order chi connectivity index (χ0) is 9.26. The summed E-state index contributed by atoms with van der Waals surface area (Å²) in [6, 6.07) is 5.05. The highest BCUT2D eigenvalue weighted by Gasteiger charge is 1.99. The molecule has 4 heteroatoms. The molecule has 0 amide bonds. The second kappa shape index (κ2) is 3.26. The quantitative estimate of drug-likeness (QED) is 0.701. The van der Waals surface area contributed by atoms with Gasteiger partial charge in [-0.25, -0.2) is 9.37 Å². The van der Waals surface area contributed by atoms with Crippen LogP contribution in [0.2, 0.25) is 5.15 Å². The lowest BCUT2D eigenvalue weighted by atomic mass is 10.2. The predicted octanol–water partition coefficient (Wildman–Crippen LogP) is 2.75. The molecule has 0 fully saturated rings. The van der Waals surface area contributed by atoms with E-state index in [0.29, 0.717) is 21.7 Å². The van der Waals surface area contributed by atoms with E-state index in [1.807, 2.05) is 0 Å². The van der Waals surface area contributed by atoms with Crippen LogP contribution in [0.3, 0.4) is 0 Å². The molecule has 0 saturated heterocycles. The highest BCUT2D eigenvalue weighted by molar-refractivity contribution is 6.29. The van der Waals surface area contributed by atoms with Gasteiger partial charge in [-0.1, -0.05) is 17.7 Å². The van der Waals surface area contributed by atoms with Crippen molar-refractivity contribution in [1.82, 2.24) is 9.97 Å². The fourth-order valence-corrected chi connectivity index (χ4v) is 1.26. The average Bonchev–Trinajstić information content (AvgIpc) is 2.17. The van der Waals surface area contributed by atoms with Gasteiger partial charge < -0.3 is 0 Å². The molecule has 1 aromatic heterocycles. The fraction of sp³-hybridized carbons (Fsp3) is 0.111. The van der Waals surface area contributed by atoms with Crippen molar-refractivity contribution in [2.75, 3.05) is 0 Å². The molecule has 0 bridgehead atoms. The summed E-state index contributed by atoms with van der Waals surface area (Å²) in [5.41, 5.74) is 1.95. The maximum Gasteiger partial charge on any atom is 0.148 e. The average molecular weight is 197 g/mol. The largest absolute Gasteiger partial charge is 0.251 e. The van der Waals surface area contributed by atoms with Gasteiger partial charge in [0.05, 0.1) is 17.2 Å². The molecule has 2 rings (SSSR count). The van der Waals surface area contributed by atoms with E-state index in [2.05, 4.69) is 9.97 Å². The molecule has 0 aliphatic rings. The van der Waals surface area contributed by atoms with E-state index in [9.17, 15) is 4.39 Å². The molecule has 0 saturated carbocycles. The normalized spacial score (nSPS) is 10.6. The lowest BCUT2D eigenvalue weighted by Gasteiger charge is -1.98. The van der Waals surface area contributed by atoms with Gasteiger partial charge in [-0.15, -0.1) is 0 Å². The first kappa shape index (κ1) is 8.38. The van der Waals surface area contributed by atoms with Crippen molar-refractivity contribution < 1.29 is 4.39 Å². The van der Waals surface area contributed by atoms with Gasteiger partial charge >= 0.3 is 0 Å². The molecule has 0 unspecified atom stereocenters. The maximum absolute atomic E-state index is 12.3. The van der Waals surface area contributed by atoms with Crippen LogP contribution < -0.4 is 0 Å². The summed E-state index contributed by atoms with van der Waals surface area (Å²) in [7, 11) is 0. The van der Waals surface area contributed by atoms with Crippen LogP contribution in [0.5, 0.6) is 0 Å². The Morgan fingerprint density at radius 1 is 1.31 bits per heavy atom. The van der Waals surface area contributed by atoms with E-state index in [1.54, 1.807) is 18.2 Å². The van der Waals surface area contributed by atoms with E-state index >= 15 is 0 Å². The van der Waals surface area contributed by atoms with Gasteiger partial charge in [-0.05, 0) is 17.7 Å². The van der Waals surface area contributed by atoms with Crippen molar-refractivity contribution in [3.05, 3.63) is 35.1 Å². The van der Waals surface area contributed by atoms with Crippen molar-refractivity contribution in [3.63, 3.8) is 0 Å². The van der Waals surface area contributed by atoms with Gasteiger partial charge in [0.15, 0.2) is 0 Å². The Labute approximate surface area is 79.4 Å². The minimum absolute atomic E-state index is 0.348. The number of fused-ring (bicyclic) bond motifs is 1. The van der Waals surface area contributed by atoms with Crippen molar-refractivity contribution in [3.8, 4) is 0 Å². The first-order valence-electron chi connectivity index (χ1n) is 3.77. The zero-order valence-electron chi connectivity index (χ0n) is 6.67. The van der Waals surface area contributed by atoms with Crippen LogP contribution in [0.15, 0.2) is 24.4 Å². The minimum atomic E-state index is -0.486. The third kappa shape index (κ3) is 1.60. The van der Waals surface area contributed by atoms with Gasteiger partial charge in [0.2, 0.25) is 0 Å². The molecule has 0 radical (unpaired) electrons. The molecule has 1 heterocycles. The number of rotatable bonds is 1. The summed E-state index contributed by atoms with van der Waals surface area (Å²) in [5, 5.41) is 0.348. The molecule has 0 N–H and O–H groups in total. The third-order valence-electron chi connectivity index (χ3n) is 1.73. The minimum Gasteiger partial charge on any atom is -0.251 e. The monoisotopic (exact) mass is 196 g/mol. The van der Waals surface area contributed by atoms with E-state index in [-0.39, 0.29) is 0 Å². The van der Waals surface area contributed by atoms with Crippen molar-refractivity contribution in [2.45, 2.75) is 6.67 Å². The predicted molar refractivity (Wildman–Crippen MR) is 49.4 cm³/mol. The van der Waals surface area contributed by atoms with E-state index in [1.165, 1.54) is 6.20 Å². The van der Waals surface area contributed by atoms with Gasteiger partial charge in [0.25, 0.3) is 0 Å². The van der Waals surface area contributed by atoms with Gasteiger partial charge in [-0.3, -0.25) is 4.98 Å². The van der Waals surface area contributed by atoms with Crippen LogP contribution in [0.1, 0.15) is 5.56 Å². The molecule has 13 heavy (non-hydrogen) atoms. The van der Waals surface area contributed by atoms with Crippen molar-refractivity contribution in [2.24, 2.45) is 0 Å². The number of halogens is 2. The Morgan fingerprint density at radius 3 is 2.92 bits per heavy atom. The van der Waals surface area contributed by atoms with Crippen LogP contribution >= 0.6 is 11.6 Å². The molecular weight excluding hydrogens is 191 g/mol. The van der Waals surface area contributed by atoms with Crippen LogP contribution in [0.25, 0.3) is 11.0 Å². The van der Waals surface area contributed by atoms with E-state index in [0.717, 1.165) is 0 Å². The Bertz CT molecular complexity index is 445. The second-order valence-electron chi connectivity index (χ2n) is 2.65. The molecular formula is C9H6ClFN2. The lowest BCUT2D eigenvalue weighted by Crippen LogP contribution is -1.86. The Morgan fingerprint density at radius 2 is 2.15 bits per heavy atom. The standard InChI is InChI=1S/C9H6ClFN2/c10-9-5-12-8-3-6(4-11)1-2-7(8)13-9/h1-3,5H,4H2. The summed E-state index contributed by atoms with van der Waals surface area (Å²) < 4.78 is 12.3. The topological polar surface area (TPSA) is 25.8 Å². The number of hydrogen-bond donors (Lipinski definition) is 0. The summed E-state index contributed by atoms with van der Waals surface area (Å²) in [5.74, 6) is 0. The highest BCUT2D eigenvalue weighted by atomic mass is 35.5. The molecule has 0 spiro atoms. The SMILES string of the molecule is FCc1ccc2nc(Cl)cnc2c1. The Balaban J connectivity index is 2.66. The summed E-state index contributed by atoms with van der Waals surface area (Å²) in [6.07, 6.45) is 1.45. The Hall–Kier alpha value is -1.22. The molecule has 1 aromatic carbocycles. The summed E-state index contributed by atoms with van der Waals surface area (Å²) in [4.78, 5) is 8.06. The smallest absolute Gasteiger partial charge is 0.148 e. The van der Waals surface area contributed by atoms with E-state index < -0.39 is 6.67 Å². The third-order valence-corrected chi connectivity index (χ3v) is 1.91. The molecule has 2 aromatic rings. The van der Waals surface area contributed by atoms with E-state index in [4.69, 9.17) is 11.6 Å². The molecule has 2 nitrogen and oxygen atoms in total. The molecule has 0 aliphatic carbocycles. The highest BCUT2D eigenvalue weighted by Crippen LogP contribution is 2.14. The summed E-state index contributed by atoms with van der Waals surface area (Å²) in [6.45, 7) is -0.486. The summed E-state index contributed by atoms with van der Waals surface area (Å²) >= 11 is 5.64. The number of nitrogens with zero attached hydrogens (tertiary/aromatic N) is 2. The number of aromatic nitrogens is 2. The molecule has 66 valence electrons. The van der Waals surface area contributed by atoms with Gasteiger partial charge in [0.1, 0.15) is 11.8 Å². The fourth-order valence-electron chi connectivity index (χ4n) is 1.12. The van der Waals surface area contributed by atoms with Gasteiger partial charge in [0, 0.05) is 0 Å². The number of alkyl halides is 1. The maximum atomic E-state index is 12.3. The first-order valence-corrected chi connectivity index (χ1v) is 4.14. The first-order chi connectivity index (χ1) is 6.29. The lowest BCUT2D eigenvalue weighted by molar-refractivity contribution is 0.485.